The summed E-state index contributed by atoms with van der Waals surface area (Å²) in [4.78, 5) is 15.4. The topological polar surface area (TPSA) is 34.4 Å². The van der Waals surface area contributed by atoms with Crippen molar-refractivity contribution in [1.29, 1.82) is 0 Å². The molecule has 0 aliphatic heterocycles. The molecule has 3 rings (SSSR count). The number of benzene rings is 1. The van der Waals surface area contributed by atoms with E-state index in [0.29, 0.717) is 18.4 Å². The number of hydrogen-bond acceptors (Lipinski definition) is 2. The summed E-state index contributed by atoms with van der Waals surface area (Å²) in [5.41, 5.74) is 0.255. The molecule has 0 saturated heterocycles. The van der Waals surface area contributed by atoms with E-state index >= 15 is 0 Å². The van der Waals surface area contributed by atoms with Crippen LogP contribution in [-0.4, -0.2) is 15.7 Å². The number of carbonyl (C=O) groups is 1. The van der Waals surface area contributed by atoms with Crippen LogP contribution in [0, 0.1) is 0 Å². The summed E-state index contributed by atoms with van der Waals surface area (Å²) >= 11 is 0. The zero-order valence-electron chi connectivity index (χ0n) is 11.3. The molecule has 0 spiro atoms. The van der Waals surface area contributed by atoms with E-state index in [-0.39, 0.29) is 11.3 Å². The number of pyridine rings is 1. The number of aromatic nitrogens is 2. The predicted molar refractivity (Wildman–Crippen MR) is 74.8 cm³/mol. The monoisotopic (exact) mass is 304 g/mol. The molecular formula is C16H11F3N2O. The number of hydrogen-bond donors (Lipinski definition) is 0. The molecule has 0 bridgehead atoms. The first-order chi connectivity index (χ1) is 10.5. The summed E-state index contributed by atoms with van der Waals surface area (Å²) in [7, 11) is 0. The number of aldehydes is 1. The van der Waals surface area contributed by atoms with Crippen molar-refractivity contribution >= 4 is 11.9 Å². The summed E-state index contributed by atoms with van der Waals surface area (Å²) in [6.07, 6.45) is -2.26. The minimum absolute atomic E-state index is 0.143. The first kappa shape index (κ1) is 14.3. The summed E-state index contributed by atoms with van der Waals surface area (Å²) in [6, 6.07) is 11.4. The van der Waals surface area contributed by atoms with Crippen LogP contribution in [0.5, 0.6) is 0 Å². The number of fused-ring (bicyclic) bond motifs is 1. The molecule has 0 saturated carbocycles. The van der Waals surface area contributed by atoms with Crippen LogP contribution in [0.25, 0.3) is 5.65 Å². The summed E-state index contributed by atoms with van der Waals surface area (Å²) in [6.45, 7) is 0. The minimum Gasteiger partial charge on any atom is -0.297 e. The van der Waals surface area contributed by atoms with E-state index in [9.17, 15) is 18.0 Å². The van der Waals surface area contributed by atoms with Crippen molar-refractivity contribution in [3.8, 4) is 0 Å². The van der Waals surface area contributed by atoms with Gasteiger partial charge in [0.15, 0.2) is 6.29 Å². The lowest BCUT2D eigenvalue weighted by atomic mass is 10.1. The standard InChI is InChI=1S/C16H11F3N2O/c17-16(18,19)12-7-4-8-21-14(10-22)13(20-15(12)21)9-11-5-2-1-3-6-11/h1-8,10H,9H2. The van der Waals surface area contributed by atoms with Crippen LogP contribution in [0.1, 0.15) is 27.3 Å². The van der Waals surface area contributed by atoms with Gasteiger partial charge in [0.25, 0.3) is 0 Å². The Balaban J connectivity index is 2.17. The Morgan fingerprint density at radius 3 is 2.45 bits per heavy atom. The lowest BCUT2D eigenvalue weighted by Crippen LogP contribution is -2.07. The van der Waals surface area contributed by atoms with Crippen molar-refractivity contribution < 1.29 is 18.0 Å². The lowest BCUT2D eigenvalue weighted by Gasteiger charge is -2.07. The van der Waals surface area contributed by atoms with Crippen molar-refractivity contribution in [1.82, 2.24) is 9.38 Å². The normalized spacial score (nSPS) is 11.8. The molecule has 0 N–H and O–H groups in total. The molecular weight excluding hydrogens is 293 g/mol. The van der Waals surface area contributed by atoms with Crippen molar-refractivity contribution in [2.45, 2.75) is 12.6 Å². The number of halogens is 3. The highest BCUT2D eigenvalue weighted by atomic mass is 19.4. The maximum absolute atomic E-state index is 13.0. The highest BCUT2D eigenvalue weighted by Crippen LogP contribution is 2.32. The molecule has 2 heterocycles. The van der Waals surface area contributed by atoms with Crippen LogP contribution in [0.15, 0.2) is 48.7 Å². The third kappa shape index (κ3) is 2.47. The van der Waals surface area contributed by atoms with Gasteiger partial charge in [-0.3, -0.25) is 9.20 Å². The van der Waals surface area contributed by atoms with E-state index in [2.05, 4.69) is 4.98 Å². The molecule has 0 atom stereocenters. The molecule has 2 aromatic heterocycles. The van der Waals surface area contributed by atoms with Gasteiger partial charge in [-0.15, -0.1) is 0 Å². The molecule has 0 radical (unpaired) electrons. The van der Waals surface area contributed by atoms with Gasteiger partial charge < -0.3 is 0 Å². The number of imidazole rings is 1. The summed E-state index contributed by atoms with van der Waals surface area (Å²) < 4.78 is 40.3. The fourth-order valence-corrected chi connectivity index (χ4v) is 2.40. The molecule has 6 heteroatoms. The van der Waals surface area contributed by atoms with E-state index in [4.69, 9.17) is 0 Å². The predicted octanol–water partition coefficient (Wildman–Crippen LogP) is 3.76. The van der Waals surface area contributed by atoms with Gasteiger partial charge in [0, 0.05) is 12.6 Å². The molecule has 112 valence electrons. The highest BCUT2D eigenvalue weighted by molar-refractivity contribution is 5.77. The Hall–Kier alpha value is -2.63. The second-order valence-corrected chi connectivity index (χ2v) is 4.84. The van der Waals surface area contributed by atoms with E-state index < -0.39 is 11.7 Å². The van der Waals surface area contributed by atoms with Crippen LogP contribution in [0.2, 0.25) is 0 Å². The van der Waals surface area contributed by atoms with Crippen molar-refractivity contribution in [2.75, 3.05) is 0 Å². The van der Waals surface area contributed by atoms with Gasteiger partial charge >= 0.3 is 6.18 Å². The van der Waals surface area contributed by atoms with Gasteiger partial charge in [0.2, 0.25) is 0 Å². The van der Waals surface area contributed by atoms with Crippen LogP contribution in [0.3, 0.4) is 0 Å². The Bertz CT molecular complexity index is 823. The number of carbonyl (C=O) groups excluding carboxylic acids is 1. The maximum Gasteiger partial charge on any atom is 0.419 e. The van der Waals surface area contributed by atoms with Gasteiger partial charge in [-0.05, 0) is 17.7 Å². The van der Waals surface area contributed by atoms with Gasteiger partial charge in [0.1, 0.15) is 11.3 Å². The second-order valence-electron chi connectivity index (χ2n) is 4.84. The molecule has 0 amide bonds. The van der Waals surface area contributed by atoms with Gasteiger partial charge in [-0.1, -0.05) is 30.3 Å². The Kier molecular flexibility index (Phi) is 3.44. The summed E-state index contributed by atoms with van der Waals surface area (Å²) in [5, 5.41) is 0. The largest absolute Gasteiger partial charge is 0.419 e. The number of nitrogens with zero attached hydrogens (tertiary/aromatic N) is 2. The smallest absolute Gasteiger partial charge is 0.297 e. The zero-order valence-corrected chi connectivity index (χ0v) is 11.3. The highest BCUT2D eigenvalue weighted by Gasteiger charge is 2.34. The SMILES string of the molecule is O=Cc1c(Cc2ccccc2)nc2c(C(F)(F)F)cccn12. The number of alkyl halides is 3. The molecule has 22 heavy (non-hydrogen) atoms. The Labute approximate surface area is 124 Å². The third-order valence-electron chi connectivity index (χ3n) is 3.39. The fraction of sp³-hybridized carbons (Fsp3) is 0.125. The Morgan fingerprint density at radius 1 is 1.09 bits per heavy atom. The molecule has 0 unspecified atom stereocenters. The van der Waals surface area contributed by atoms with Crippen LogP contribution in [0.4, 0.5) is 13.2 Å². The molecule has 1 aromatic carbocycles. The average Bonchev–Trinajstić information content (AvgIpc) is 2.84. The first-order valence-electron chi connectivity index (χ1n) is 6.57. The molecule has 0 aliphatic rings. The minimum atomic E-state index is -4.52. The van der Waals surface area contributed by atoms with Crippen molar-refractivity contribution in [3.05, 3.63) is 71.2 Å². The molecule has 3 aromatic rings. The quantitative estimate of drug-likeness (QED) is 0.691. The van der Waals surface area contributed by atoms with Gasteiger partial charge in [-0.25, -0.2) is 4.98 Å². The van der Waals surface area contributed by atoms with Crippen molar-refractivity contribution in [3.63, 3.8) is 0 Å². The average molecular weight is 304 g/mol. The van der Waals surface area contributed by atoms with Crippen LogP contribution >= 0.6 is 0 Å². The van der Waals surface area contributed by atoms with E-state index in [1.54, 1.807) is 0 Å². The summed E-state index contributed by atoms with van der Waals surface area (Å²) in [5.74, 6) is 0. The van der Waals surface area contributed by atoms with Gasteiger partial charge in [0.05, 0.1) is 11.3 Å². The third-order valence-corrected chi connectivity index (χ3v) is 3.39. The van der Waals surface area contributed by atoms with E-state index in [0.717, 1.165) is 11.6 Å². The Morgan fingerprint density at radius 2 is 1.82 bits per heavy atom. The molecule has 0 fully saturated rings. The fourth-order valence-electron chi connectivity index (χ4n) is 2.40. The molecule has 3 nitrogen and oxygen atoms in total. The van der Waals surface area contributed by atoms with Crippen LogP contribution < -0.4 is 0 Å². The van der Waals surface area contributed by atoms with Crippen LogP contribution in [-0.2, 0) is 12.6 Å². The zero-order chi connectivity index (χ0) is 15.7. The van der Waals surface area contributed by atoms with Crippen molar-refractivity contribution in [2.24, 2.45) is 0 Å². The van der Waals surface area contributed by atoms with Gasteiger partial charge in [-0.2, -0.15) is 13.2 Å². The lowest BCUT2D eigenvalue weighted by molar-refractivity contribution is -0.136. The molecule has 0 aliphatic carbocycles. The van der Waals surface area contributed by atoms with E-state index in [1.165, 1.54) is 16.7 Å². The second kappa shape index (κ2) is 5.29. The maximum atomic E-state index is 13.0. The first-order valence-corrected chi connectivity index (χ1v) is 6.57. The number of rotatable bonds is 3. The van der Waals surface area contributed by atoms with E-state index in [1.807, 2.05) is 30.3 Å².